The summed E-state index contributed by atoms with van der Waals surface area (Å²) >= 11 is 0. The minimum Gasteiger partial charge on any atom is -0.460 e. The number of ether oxygens (including phenoxy) is 1. The Bertz CT molecular complexity index is 707. The van der Waals surface area contributed by atoms with Crippen molar-refractivity contribution in [3.05, 3.63) is 65.4 Å². The molecule has 0 spiro atoms. The van der Waals surface area contributed by atoms with E-state index in [9.17, 15) is 0 Å². The molecule has 0 aromatic heterocycles. The normalized spacial score (nSPS) is 20.8. The molecule has 1 aliphatic heterocycles. The molecule has 88 valence electrons. The second kappa shape index (κ2) is 3.49. The minimum atomic E-state index is 0.413. The highest BCUT2D eigenvalue weighted by Crippen LogP contribution is 2.48. The lowest BCUT2D eigenvalue weighted by molar-refractivity contribution is 0.419. The highest BCUT2D eigenvalue weighted by atomic mass is 16.5. The van der Waals surface area contributed by atoms with Gasteiger partial charge in [-0.25, -0.2) is 0 Å². The Morgan fingerprint density at radius 2 is 2.00 bits per heavy atom. The molecule has 1 atom stereocenters. The zero-order valence-electron chi connectivity index (χ0n) is 10.3. The van der Waals surface area contributed by atoms with Crippen LogP contribution in [0.15, 0.2) is 59.9 Å². The highest BCUT2D eigenvalue weighted by molar-refractivity contribution is 5.89. The predicted octanol–water partition coefficient (Wildman–Crippen LogP) is 4.55. The van der Waals surface area contributed by atoms with Gasteiger partial charge in [-0.05, 0) is 35.8 Å². The number of hydrogen-bond donors (Lipinski definition) is 0. The van der Waals surface area contributed by atoms with Crippen LogP contribution in [0.5, 0.6) is 5.75 Å². The fourth-order valence-corrected chi connectivity index (χ4v) is 3.09. The van der Waals surface area contributed by atoms with Gasteiger partial charge in [0.15, 0.2) is 0 Å². The molecule has 18 heavy (non-hydrogen) atoms. The first-order valence-corrected chi connectivity index (χ1v) is 6.41. The molecule has 0 amide bonds. The van der Waals surface area contributed by atoms with Crippen molar-refractivity contribution in [2.45, 2.75) is 19.3 Å². The maximum atomic E-state index is 6.06. The molecule has 2 aromatic carbocycles. The largest absolute Gasteiger partial charge is 0.460 e. The van der Waals surface area contributed by atoms with Gasteiger partial charge in [0, 0.05) is 5.56 Å². The van der Waals surface area contributed by atoms with Gasteiger partial charge < -0.3 is 4.74 Å². The standard InChI is InChI=1S/C17H14O/c1-11-5-4-8-14-16-13-7-3-2-6-12(13)9-10-15(16)18-17(11)14/h2-7,9-10,14H,8H2,1H3. The molecule has 1 aliphatic carbocycles. The van der Waals surface area contributed by atoms with Crippen LogP contribution in [0.4, 0.5) is 0 Å². The van der Waals surface area contributed by atoms with E-state index in [0.717, 1.165) is 17.9 Å². The summed E-state index contributed by atoms with van der Waals surface area (Å²) in [6, 6.07) is 12.8. The molecule has 0 saturated heterocycles. The van der Waals surface area contributed by atoms with E-state index in [1.165, 1.54) is 21.9 Å². The van der Waals surface area contributed by atoms with Gasteiger partial charge in [0.2, 0.25) is 0 Å². The lowest BCUT2D eigenvalue weighted by Gasteiger charge is -2.15. The van der Waals surface area contributed by atoms with Crippen LogP contribution >= 0.6 is 0 Å². The third kappa shape index (κ3) is 1.22. The van der Waals surface area contributed by atoms with E-state index in [4.69, 9.17) is 4.74 Å². The number of rotatable bonds is 0. The van der Waals surface area contributed by atoms with E-state index in [-0.39, 0.29) is 0 Å². The van der Waals surface area contributed by atoms with Crippen LogP contribution in [0.25, 0.3) is 10.8 Å². The second-order valence-electron chi connectivity index (χ2n) is 5.04. The zero-order chi connectivity index (χ0) is 12.1. The summed E-state index contributed by atoms with van der Waals surface area (Å²) in [5.74, 6) is 2.59. The maximum Gasteiger partial charge on any atom is 0.131 e. The van der Waals surface area contributed by atoms with Crippen molar-refractivity contribution >= 4 is 10.8 Å². The highest BCUT2D eigenvalue weighted by Gasteiger charge is 2.32. The summed E-state index contributed by atoms with van der Waals surface area (Å²) in [7, 11) is 0. The topological polar surface area (TPSA) is 9.23 Å². The molecule has 4 rings (SSSR count). The SMILES string of the molecule is CC1=C2Oc3ccc4ccccc4c3C2CC=C1. The van der Waals surface area contributed by atoms with Crippen molar-refractivity contribution in [3.8, 4) is 5.75 Å². The van der Waals surface area contributed by atoms with E-state index in [0.29, 0.717) is 5.92 Å². The average Bonchev–Trinajstić information content (AvgIpc) is 2.79. The Hall–Kier alpha value is -2.02. The van der Waals surface area contributed by atoms with E-state index in [1.807, 2.05) is 0 Å². The summed E-state index contributed by atoms with van der Waals surface area (Å²) in [6.45, 7) is 2.13. The number of hydrogen-bond acceptors (Lipinski definition) is 1. The van der Waals surface area contributed by atoms with Gasteiger partial charge in [-0.1, -0.05) is 42.5 Å². The van der Waals surface area contributed by atoms with Gasteiger partial charge in [0.25, 0.3) is 0 Å². The van der Waals surface area contributed by atoms with E-state index >= 15 is 0 Å². The van der Waals surface area contributed by atoms with Crippen LogP contribution < -0.4 is 4.74 Å². The molecular formula is C17H14O. The van der Waals surface area contributed by atoms with Gasteiger partial charge in [-0.15, -0.1) is 0 Å². The summed E-state index contributed by atoms with van der Waals surface area (Å²) in [5, 5.41) is 2.63. The van der Waals surface area contributed by atoms with Crippen LogP contribution in [-0.4, -0.2) is 0 Å². The van der Waals surface area contributed by atoms with Crippen LogP contribution in [-0.2, 0) is 0 Å². The van der Waals surface area contributed by atoms with Crippen molar-refractivity contribution < 1.29 is 4.74 Å². The molecule has 2 aromatic rings. The molecule has 1 heterocycles. The summed E-state index contributed by atoms with van der Waals surface area (Å²) < 4.78 is 6.06. The van der Waals surface area contributed by atoms with Gasteiger partial charge in [-0.3, -0.25) is 0 Å². The fraction of sp³-hybridized carbons (Fsp3) is 0.176. The van der Waals surface area contributed by atoms with Crippen molar-refractivity contribution in [1.29, 1.82) is 0 Å². The van der Waals surface area contributed by atoms with Crippen molar-refractivity contribution in [2.75, 3.05) is 0 Å². The monoisotopic (exact) mass is 234 g/mol. The van der Waals surface area contributed by atoms with Crippen LogP contribution in [0.2, 0.25) is 0 Å². The number of allylic oxidation sites excluding steroid dienone is 4. The van der Waals surface area contributed by atoms with Gasteiger partial charge in [0.05, 0.1) is 5.92 Å². The van der Waals surface area contributed by atoms with Gasteiger partial charge >= 0.3 is 0 Å². The Balaban J connectivity index is 2.04. The molecule has 0 saturated carbocycles. The molecular weight excluding hydrogens is 220 g/mol. The summed E-state index contributed by atoms with van der Waals surface area (Å²) in [4.78, 5) is 0. The molecule has 0 fully saturated rings. The predicted molar refractivity (Wildman–Crippen MR) is 73.8 cm³/mol. The Morgan fingerprint density at radius 3 is 2.94 bits per heavy atom. The van der Waals surface area contributed by atoms with Crippen LogP contribution in [0.1, 0.15) is 24.8 Å². The third-order valence-corrected chi connectivity index (χ3v) is 3.94. The average molecular weight is 234 g/mol. The first-order valence-electron chi connectivity index (χ1n) is 6.41. The molecule has 1 nitrogen and oxygen atoms in total. The first kappa shape index (κ1) is 9.95. The molecule has 1 unspecified atom stereocenters. The number of fused-ring (bicyclic) bond motifs is 5. The summed E-state index contributed by atoms with van der Waals surface area (Å²) in [5.41, 5.74) is 2.62. The minimum absolute atomic E-state index is 0.413. The first-order chi connectivity index (χ1) is 8.84. The molecule has 0 radical (unpaired) electrons. The number of benzene rings is 2. The smallest absolute Gasteiger partial charge is 0.131 e. The molecule has 1 heteroatoms. The van der Waals surface area contributed by atoms with Crippen molar-refractivity contribution in [3.63, 3.8) is 0 Å². The molecule has 0 N–H and O–H groups in total. The van der Waals surface area contributed by atoms with Gasteiger partial charge in [0.1, 0.15) is 11.5 Å². The lowest BCUT2D eigenvalue weighted by atomic mass is 9.87. The Labute approximate surface area is 106 Å². The van der Waals surface area contributed by atoms with Crippen LogP contribution in [0, 0.1) is 0 Å². The van der Waals surface area contributed by atoms with E-state index in [2.05, 4.69) is 55.5 Å². The maximum absolute atomic E-state index is 6.06. The van der Waals surface area contributed by atoms with Gasteiger partial charge in [-0.2, -0.15) is 0 Å². The van der Waals surface area contributed by atoms with E-state index in [1.54, 1.807) is 0 Å². The fourth-order valence-electron chi connectivity index (χ4n) is 3.09. The van der Waals surface area contributed by atoms with E-state index < -0.39 is 0 Å². The molecule has 0 bridgehead atoms. The zero-order valence-corrected chi connectivity index (χ0v) is 10.3. The quantitative estimate of drug-likeness (QED) is 0.649. The summed E-state index contributed by atoms with van der Waals surface area (Å²) in [6.07, 6.45) is 5.47. The Kier molecular flexibility index (Phi) is 1.93. The third-order valence-electron chi connectivity index (χ3n) is 3.94. The van der Waals surface area contributed by atoms with Crippen molar-refractivity contribution in [1.82, 2.24) is 0 Å². The molecule has 2 aliphatic rings. The second-order valence-corrected chi connectivity index (χ2v) is 5.04. The van der Waals surface area contributed by atoms with Crippen LogP contribution in [0.3, 0.4) is 0 Å². The lowest BCUT2D eigenvalue weighted by Crippen LogP contribution is -2.03. The Morgan fingerprint density at radius 1 is 1.11 bits per heavy atom. The van der Waals surface area contributed by atoms with Crippen molar-refractivity contribution in [2.24, 2.45) is 0 Å².